The van der Waals surface area contributed by atoms with Crippen molar-refractivity contribution in [2.45, 2.75) is 92.3 Å². The minimum absolute atomic E-state index is 0.0951. The minimum Gasteiger partial charge on any atom is -0.342 e. The second-order valence-corrected chi connectivity index (χ2v) is 14.2. The fraction of sp³-hybridized carbons (Fsp3) is 0.633. The second-order valence-electron chi connectivity index (χ2n) is 12.4. The molecule has 3 atom stereocenters. The summed E-state index contributed by atoms with van der Waals surface area (Å²) in [4.78, 5) is 41.7. The van der Waals surface area contributed by atoms with Crippen LogP contribution in [0.4, 0.5) is 0 Å². The molecule has 3 N–H and O–H groups in total. The Hall–Kier alpha value is -2.72. The van der Waals surface area contributed by atoms with Gasteiger partial charge in [0.2, 0.25) is 21.8 Å². The first-order valence-corrected chi connectivity index (χ1v) is 15.5. The Morgan fingerprint density at radius 3 is 2.00 bits per heavy atom. The van der Waals surface area contributed by atoms with Gasteiger partial charge < -0.3 is 15.5 Å². The molecule has 0 heterocycles. The van der Waals surface area contributed by atoms with Crippen LogP contribution in [0.3, 0.4) is 0 Å². The summed E-state index contributed by atoms with van der Waals surface area (Å²) >= 11 is 0. The largest absolute Gasteiger partial charge is 0.342 e. The summed E-state index contributed by atoms with van der Waals surface area (Å²) in [5, 5.41) is 6.14. The average molecular weight is 579 g/mol. The summed E-state index contributed by atoms with van der Waals surface area (Å²) in [6, 6.07) is 7.74. The monoisotopic (exact) mass is 578 g/mol. The summed E-state index contributed by atoms with van der Waals surface area (Å²) in [6.45, 7) is 16.7. The van der Waals surface area contributed by atoms with Gasteiger partial charge in [-0.2, -0.15) is 0 Å². The van der Waals surface area contributed by atoms with Crippen LogP contribution >= 0.6 is 0 Å². The zero-order valence-corrected chi connectivity index (χ0v) is 26.9. The van der Waals surface area contributed by atoms with Crippen LogP contribution in [-0.2, 0) is 29.8 Å². The molecule has 0 aromatic heterocycles. The van der Waals surface area contributed by atoms with Gasteiger partial charge in [0.25, 0.3) is 5.91 Å². The number of nitrogens with one attached hydrogen (secondary N) is 3. The van der Waals surface area contributed by atoms with Gasteiger partial charge >= 0.3 is 0 Å². The van der Waals surface area contributed by atoms with Crippen molar-refractivity contribution in [3.8, 4) is 0 Å². The van der Waals surface area contributed by atoms with Crippen molar-refractivity contribution >= 4 is 27.7 Å². The van der Waals surface area contributed by atoms with Gasteiger partial charge in [-0.25, -0.2) is 13.1 Å². The zero-order valence-electron chi connectivity index (χ0n) is 26.1. The molecule has 0 fully saturated rings. The fourth-order valence-electron chi connectivity index (χ4n) is 4.70. The summed E-state index contributed by atoms with van der Waals surface area (Å²) in [5.41, 5.74) is -0.0140. The Labute approximate surface area is 241 Å². The van der Waals surface area contributed by atoms with Crippen molar-refractivity contribution < 1.29 is 22.8 Å². The van der Waals surface area contributed by atoms with E-state index in [9.17, 15) is 22.8 Å². The van der Waals surface area contributed by atoms with E-state index < -0.39 is 44.9 Å². The van der Waals surface area contributed by atoms with E-state index in [1.54, 1.807) is 27.1 Å². The molecule has 0 radical (unpaired) electrons. The van der Waals surface area contributed by atoms with Crippen LogP contribution in [0.2, 0.25) is 0 Å². The van der Waals surface area contributed by atoms with Gasteiger partial charge in [0.1, 0.15) is 6.04 Å². The molecule has 0 aliphatic carbocycles. The third kappa shape index (κ3) is 9.44. The number of rotatable bonds is 13. The molecule has 0 unspecified atom stereocenters. The van der Waals surface area contributed by atoms with E-state index in [1.165, 1.54) is 11.8 Å². The molecule has 0 saturated heterocycles. The Kier molecular flexibility index (Phi) is 12.6. The third-order valence-electron chi connectivity index (χ3n) is 7.17. The molecule has 1 aromatic rings. The van der Waals surface area contributed by atoms with Crippen LogP contribution < -0.4 is 15.4 Å². The Morgan fingerprint density at radius 2 is 1.55 bits per heavy atom. The molecular formula is C30H50N4O5S. The molecule has 3 amide bonds. The van der Waals surface area contributed by atoms with Crippen molar-refractivity contribution in [1.29, 1.82) is 0 Å². The van der Waals surface area contributed by atoms with E-state index in [4.69, 9.17) is 0 Å². The lowest BCUT2D eigenvalue weighted by Crippen LogP contribution is -2.61. The number of benzene rings is 1. The summed E-state index contributed by atoms with van der Waals surface area (Å²) < 4.78 is 26.2. The van der Waals surface area contributed by atoms with Gasteiger partial charge in [-0.05, 0) is 37.3 Å². The maximum absolute atomic E-state index is 13.9. The van der Waals surface area contributed by atoms with Crippen molar-refractivity contribution in [1.82, 2.24) is 20.3 Å². The minimum atomic E-state index is -3.73. The molecule has 40 heavy (non-hydrogen) atoms. The number of carbonyl (C=O) groups excluding carboxylic acids is 3. The molecule has 0 bridgehead atoms. The molecular weight excluding hydrogens is 528 g/mol. The number of likely N-dealkylation sites (N-methyl/N-ethyl adjacent to an activating group) is 2. The molecule has 0 spiro atoms. The van der Waals surface area contributed by atoms with Crippen LogP contribution in [0, 0.1) is 11.3 Å². The first kappa shape index (κ1) is 35.3. The lowest BCUT2D eigenvalue weighted by Gasteiger charge is -2.40. The lowest BCUT2D eigenvalue weighted by molar-refractivity contribution is -0.140. The van der Waals surface area contributed by atoms with Crippen molar-refractivity contribution in [2.75, 3.05) is 19.8 Å². The Bertz CT molecular complexity index is 1150. The van der Waals surface area contributed by atoms with Gasteiger partial charge in [0.15, 0.2) is 0 Å². The quantitative estimate of drug-likeness (QED) is 0.308. The predicted octanol–water partition coefficient (Wildman–Crippen LogP) is 3.37. The molecule has 10 heteroatoms. The van der Waals surface area contributed by atoms with Crippen molar-refractivity contribution in [3.63, 3.8) is 0 Å². The average Bonchev–Trinajstić information content (AvgIpc) is 2.84. The number of nitrogens with zero attached hydrogens (tertiary/aromatic N) is 1. The number of amides is 3. The van der Waals surface area contributed by atoms with Gasteiger partial charge in [0.05, 0.1) is 17.8 Å². The summed E-state index contributed by atoms with van der Waals surface area (Å²) in [6.07, 6.45) is 1.99. The van der Waals surface area contributed by atoms with Gasteiger partial charge in [0, 0.05) is 18.0 Å². The van der Waals surface area contributed by atoms with E-state index in [-0.39, 0.29) is 29.1 Å². The highest BCUT2D eigenvalue weighted by Crippen LogP contribution is 2.29. The van der Waals surface area contributed by atoms with Crippen LogP contribution in [0.5, 0.6) is 0 Å². The normalized spacial score (nSPS) is 15.2. The van der Waals surface area contributed by atoms with Crippen molar-refractivity contribution in [2.24, 2.45) is 11.3 Å². The van der Waals surface area contributed by atoms with Crippen LogP contribution in [-0.4, -0.2) is 69.0 Å². The first-order chi connectivity index (χ1) is 18.3. The number of sulfonamides is 1. The Morgan fingerprint density at radius 1 is 1.00 bits per heavy atom. The van der Waals surface area contributed by atoms with Crippen LogP contribution in [0.1, 0.15) is 74.3 Å². The van der Waals surface area contributed by atoms with Gasteiger partial charge in [-0.1, -0.05) is 91.8 Å². The lowest BCUT2D eigenvalue weighted by atomic mass is 9.76. The molecule has 1 aromatic carbocycles. The standard InChI is InChI=1S/C30H50N4O5S/c1-12-18-40(38,39)33-26(35)21(4)19-23(20(2)3)34(11)28(37)25(29(5,6)7)32-27(36)24(31-10)30(8,9)22-16-14-13-15-17-22/h13-17,19-20,23-25,31H,12,18H2,1-11H3,(H,32,36)(H,33,35)/b21-19+/t23-,24-,25-/m1/s1. The predicted molar refractivity (Wildman–Crippen MR) is 161 cm³/mol. The summed E-state index contributed by atoms with van der Waals surface area (Å²) in [5.74, 6) is -1.58. The maximum atomic E-state index is 13.9. The molecule has 9 nitrogen and oxygen atoms in total. The molecule has 0 aliphatic rings. The highest BCUT2D eigenvalue weighted by molar-refractivity contribution is 7.90. The molecule has 226 valence electrons. The highest BCUT2D eigenvalue weighted by atomic mass is 32.2. The number of hydrogen-bond donors (Lipinski definition) is 3. The SMILES string of the molecule is CCCS(=O)(=O)NC(=O)/C(C)=C/[C@H](C(C)C)N(C)C(=O)[C@@H](NC(=O)[C@@H](NC)C(C)(C)c1ccccc1)C(C)(C)C. The molecule has 1 rings (SSSR count). The topological polar surface area (TPSA) is 125 Å². The van der Waals surface area contributed by atoms with E-state index in [1.807, 2.05) is 78.8 Å². The molecule has 0 saturated carbocycles. The van der Waals surface area contributed by atoms with Crippen LogP contribution in [0.15, 0.2) is 42.0 Å². The van der Waals surface area contributed by atoms with E-state index in [2.05, 4.69) is 15.4 Å². The summed E-state index contributed by atoms with van der Waals surface area (Å²) in [7, 11) is -0.371. The third-order valence-corrected chi connectivity index (χ3v) is 8.61. The fourth-order valence-corrected chi connectivity index (χ4v) is 5.79. The number of hydrogen-bond acceptors (Lipinski definition) is 6. The number of carbonyl (C=O) groups is 3. The van der Waals surface area contributed by atoms with Gasteiger partial charge in [-0.3, -0.25) is 14.4 Å². The highest BCUT2D eigenvalue weighted by Gasteiger charge is 2.41. The second kappa shape index (κ2) is 14.3. The first-order valence-electron chi connectivity index (χ1n) is 13.8. The Balaban J connectivity index is 3.30. The van der Waals surface area contributed by atoms with Gasteiger partial charge in [-0.15, -0.1) is 0 Å². The van der Waals surface area contributed by atoms with Crippen LogP contribution in [0.25, 0.3) is 0 Å². The van der Waals surface area contributed by atoms with Crippen molar-refractivity contribution in [3.05, 3.63) is 47.5 Å². The van der Waals surface area contributed by atoms with E-state index in [0.29, 0.717) is 6.42 Å². The molecule has 0 aliphatic heterocycles. The maximum Gasteiger partial charge on any atom is 0.260 e. The zero-order chi connectivity index (χ0) is 31.1. The van der Waals surface area contributed by atoms with E-state index in [0.717, 1.165) is 5.56 Å². The van der Waals surface area contributed by atoms with E-state index >= 15 is 0 Å². The smallest absolute Gasteiger partial charge is 0.260 e.